The molecule has 2 aromatic rings. The van der Waals surface area contributed by atoms with E-state index in [-0.39, 0.29) is 0 Å². The molecule has 2 rings (SSSR count). The van der Waals surface area contributed by atoms with E-state index >= 15 is 0 Å². The topological polar surface area (TPSA) is 64.9 Å². The van der Waals surface area contributed by atoms with Gasteiger partial charge in [0.1, 0.15) is 0 Å². The maximum atomic E-state index is 5.64. The summed E-state index contributed by atoms with van der Waals surface area (Å²) < 4.78 is 7.49. The van der Waals surface area contributed by atoms with Crippen LogP contribution in [-0.4, -0.2) is 26.3 Å². The van der Waals surface area contributed by atoms with Gasteiger partial charge in [-0.1, -0.05) is 13.8 Å². The molecule has 0 bridgehead atoms. The number of rotatable bonds is 7. The monoisotopic (exact) mass is 261 g/mol. The Labute approximate surface area is 112 Å². The first-order valence-electron chi connectivity index (χ1n) is 6.53. The fourth-order valence-corrected chi connectivity index (χ4v) is 1.64. The van der Waals surface area contributed by atoms with Crippen LogP contribution in [0.4, 0.5) is 0 Å². The van der Waals surface area contributed by atoms with Gasteiger partial charge < -0.3 is 10.1 Å². The minimum Gasteiger partial charge on any atom is -0.434 e. The molecule has 0 saturated heterocycles. The Bertz CT molecular complexity index is 511. The fourth-order valence-electron chi connectivity index (χ4n) is 1.64. The number of aryl methyl sites for hydroxylation is 1. The van der Waals surface area contributed by atoms with E-state index in [4.69, 9.17) is 4.74 Å². The molecule has 0 aliphatic rings. The molecule has 0 aliphatic heterocycles. The third-order valence-electron chi connectivity index (χ3n) is 2.50. The summed E-state index contributed by atoms with van der Waals surface area (Å²) in [5, 5.41) is 7.41. The van der Waals surface area contributed by atoms with Gasteiger partial charge in [0.15, 0.2) is 5.75 Å². The number of ether oxygens (including phenoxy) is 1. The summed E-state index contributed by atoms with van der Waals surface area (Å²) in [4.78, 5) is 8.50. The van der Waals surface area contributed by atoms with Crippen molar-refractivity contribution < 1.29 is 4.74 Å². The first-order valence-corrected chi connectivity index (χ1v) is 6.53. The number of hydrogen-bond acceptors (Lipinski definition) is 5. The van der Waals surface area contributed by atoms with E-state index in [1.165, 1.54) is 0 Å². The molecule has 0 spiro atoms. The van der Waals surface area contributed by atoms with Gasteiger partial charge >= 0.3 is 0 Å². The molecule has 19 heavy (non-hydrogen) atoms. The molecule has 0 unspecified atom stereocenters. The molecule has 0 aliphatic carbocycles. The zero-order chi connectivity index (χ0) is 13.5. The standard InChI is InChI=1S/C13H19N5O/c1-3-5-18-10-12(8-16-18)19-13-9-15-7-11(17-13)6-14-4-2/h7-10,14H,3-6H2,1-2H3. The molecule has 0 aromatic carbocycles. The van der Waals surface area contributed by atoms with Gasteiger partial charge in [0.2, 0.25) is 5.88 Å². The molecule has 0 saturated carbocycles. The summed E-state index contributed by atoms with van der Waals surface area (Å²) >= 11 is 0. The van der Waals surface area contributed by atoms with Gasteiger partial charge in [0.05, 0.1) is 24.3 Å². The summed E-state index contributed by atoms with van der Waals surface area (Å²) in [6, 6.07) is 0. The Morgan fingerprint density at radius 2 is 2.16 bits per heavy atom. The van der Waals surface area contributed by atoms with Crippen LogP contribution >= 0.6 is 0 Å². The summed E-state index contributed by atoms with van der Waals surface area (Å²) in [5.74, 6) is 1.18. The number of nitrogens with zero attached hydrogens (tertiary/aromatic N) is 4. The van der Waals surface area contributed by atoms with E-state index in [0.717, 1.165) is 25.2 Å². The quantitative estimate of drug-likeness (QED) is 0.825. The molecule has 6 nitrogen and oxygen atoms in total. The van der Waals surface area contributed by atoms with Crippen molar-refractivity contribution in [1.29, 1.82) is 0 Å². The molecule has 0 fully saturated rings. The van der Waals surface area contributed by atoms with Crippen molar-refractivity contribution in [1.82, 2.24) is 25.1 Å². The van der Waals surface area contributed by atoms with E-state index < -0.39 is 0 Å². The van der Waals surface area contributed by atoms with Crippen LogP contribution in [0.3, 0.4) is 0 Å². The summed E-state index contributed by atoms with van der Waals surface area (Å²) in [5.41, 5.74) is 0.861. The van der Waals surface area contributed by atoms with Gasteiger partial charge in [0.25, 0.3) is 0 Å². The normalized spacial score (nSPS) is 10.6. The van der Waals surface area contributed by atoms with Crippen molar-refractivity contribution in [3.05, 3.63) is 30.5 Å². The minimum absolute atomic E-state index is 0.492. The lowest BCUT2D eigenvalue weighted by Gasteiger charge is -2.04. The maximum absolute atomic E-state index is 5.64. The highest BCUT2D eigenvalue weighted by Gasteiger charge is 2.04. The molecule has 2 heterocycles. The predicted molar refractivity (Wildman–Crippen MR) is 72.0 cm³/mol. The average Bonchev–Trinajstić information content (AvgIpc) is 2.85. The van der Waals surface area contributed by atoms with Crippen LogP contribution in [0, 0.1) is 0 Å². The maximum Gasteiger partial charge on any atom is 0.238 e. The lowest BCUT2D eigenvalue weighted by atomic mass is 10.4. The second kappa shape index (κ2) is 6.84. The Morgan fingerprint density at radius 3 is 2.95 bits per heavy atom. The van der Waals surface area contributed by atoms with E-state index in [1.807, 2.05) is 10.9 Å². The fraction of sp³-hybridized carbons (Fsp3) is 0.462. The van der Waals surface area contributed by atoms with E-state index in [9.17, 15) is 0 Å². The first-order chi connectivity index (χ1) is 9.31. The Morgan fingerprint density at radius 1 is 1.26 bits per heavy atom. The van der Waals surface area contributed by atoms with Crippen LogP contribution in [-0.2, 0) is 13.1 Å². The zero-order valence-electron chi connectivity index (χ0n) is 11.3. The van der Waals surface area contributed by atoms with Crippen LogP contribution in [0.1, 0.15) is 26.0 Å². The summed E-state index contributed by atoms with van der Waals surface area (Å²) in [6.07, 6.45) is 7.93. The van der Waals surface area contributed by atoms with Crippen LogP contribution < -0.4 is 10.1 Å². The highest BCUT2D eigenvalue weighted by Crippen LogP contribution is 2.17. The molecule has 2 aromatic heterocycles. The molecule has 0 radical (unpaired) electrons. The van der Waals surface area contributed by atoms with Crippen molar-refractivity contribution >= 4 is 0 Å². The Kier molecular flexibility index (Phi) is 4.85. The number of hydrogen-bond donors (Lipinski definition) is 1. The summed E-state index contributed by atoms with van der Waals surface area (Å²) in [6.45, 7) is 6.63. The average molecular weight is 261 g/mol. The summed E-state index contributed by atoms with van der Waals surface area (Å²) in [7, 11) is 0. The molecular weight excluding hydrogens is 242 g/mol. The molecule has 0 atom stereocenters. The Balaban J connectivity index is 2.01. The third-order valence-corrected chi connectivity index (χ3v) is 2.50. The molecule has 102 valence electrons. The van der Waals surface area contributed by atoms with Gasteiger partial charge in [-0.05, 0) is 13.0 Å². The van der Waals surface area contributed by atoms with Gasteiger partial charge in [-0.25, -0.2) is 4.98 Å². The van der Waals surface area contributed by atoms with Crippen LogP contribution in [0.2, 0.25) is 0 Å². The van der Waals surface area contributed by atoms with Gasteiger partial charge in [-0.2, -0.15) is 5.10 Å². The first kappa shape index (κ1) is 13.5. The van der Waals surface area contributed by atoms with E-state index in [1.54, 1.807) is 18.6 Å². The van der Waals surface area contributed by atoms with Gasteiger partial charge in [-0.3, -0.25) is 9.67 Å². The predicted octanol–water partition coefficient (Wildman–Crippen LogP) is 1.98. The lowest BCUT2D eigenvalue weighted by molar-refractivity contribution is 0.455. The molecular formula is C13H19N5O. The smallest absolute Gasteiger partial charge is 0.238 e. The lowest BCUT2D eigenvalue weighted by Crippen LogP contribution is -2.13. The van der Waals surface area contributed by atoms with Crippen LogP contribution in [0.25, 0.3) is 0 Å². The third kappa shape index (κ3) is 4.03. The molecule has 0 amide bonds. The highest BCUT2D eigenvalue weighted by molar-refractivity contribution is 5.20. The molecule has 6 heteroatoms. The van der Waals surface area contributed by atoms with Gasteiger partial charge in [-0.15, -0.1) is 0 Å². The van der Waals surface area contributed by atoms with Crippen molar-refractivity contribution in [3.8, 4) is 11.6 Å². The number of aromatic nitrogens is 4. The van der Waals surface area contributed by atoms with Crippen molar-refractivity contribution in [2.24, 2.45) is 0 Å². The largest absolute Gasteiger partial charge is 0.434 e. The van der Waals surface area contributed by atoms with Gasteiger partial charge in [0, 0.05) is 19.3 Å². The highest BCUT2D eigenvalue weighted by atomic mass is 16.5. The number of nitrogens with one attached hydrogen (secondary N) is 1. The van der Waals surface area contributed by atoms with E-state index in [0.29, 0.717) is 18.2 Å². The van der Waals surface area contributed by atoms with Crippen LogP contribution in [0.15, 0.2) is 24.8 Å². The second-order valence-corrected chi connectivity index (χ2v) is 4.17. The molecule has 1 N–H and O–H groups in total. The van der Waals surface area contributed by atoms with E-state index in [2.05, 4.69) is 34.2 Å². The van der Waals surface area contributed by atoms with Crippen LogP contribution in [0.5, 0.6) is 11.6 Å². The van der Waals surface area contributed by atoms with Crippen molar-refractivity contribution in [2.75, 3.05) is 6.54 Å². The zero-order valence-corrected chi connectivity index (χ0v) is 11.3. The Hall–Kier alpha value is -1.95. The SMILES string of the molecule is CCCn1cc(Oc2cncc(CNCC)n2)cn1. The minimum atomic E-state index is 0.492. The van der Waals surface area contributed by atoms with Crippen molar-refractivity contribution in [2.45, 2.75) is 33.4 Å². The van der Waals surface area contributed by atoms with Crippen molar-refractivity contribution in [3.63, 3.8) is 0 Å². The second-order valence-electron chi connectivity index (χ2n) is 4.17.